The highest BCUT2D eigenvalue weighted by Crippen LogP contribution is 2.37. The summed E-state index contributed by atoms with van der Waals surface area (Å²) in [5.74, 6) is 0. The van der Waals surface area contributed by atoms with Gasteiger partial charge in [0.2, 0.25) is 0 Å². The topological polar surface area (TPSA) is 38.9 Å². The van der Waals surface area contributed by atoms with Crippen molar-refractivity contribution in [3.05, 3.63) is 30.1 Å². The lowest BCUT2D eigenvalue weighted by Crippen LogP contribution is -2.14. The number of rotatable bonds is 1. The zero-order chi connectivity index (χ0) is 10.9. The molecule has 0 amide bonds. The number of hydrogen-bond donors (Lipinski definition) is 1. The van der Waals surface area contributed by atoms with Gasteiger partial charge in [0.15, 0.2) is 0 Å². The number of hydrogen-bond acceptors (Lipinski definition) is 2. The van der Waals surface area contributed by atoms with Crippen molar-refractivity contribution in [1.29, 1.82) is 0 Å². The molecule has 1 aromatic rings. The Morgan fingerprint density at radius 2 is 2.13 bits per heavy atom. The van der Waals surface area contributed by atoms with E-state index in [2.05, 4.69) is 24.9 Å². The van der Waals surface area contributed by atoms with Gasteiger partial charge in [-0.3, -0.25) is 4.98 Å². The van der Waals surface area contributed by atoms with Crippen molar-refractivity contribution < 1.29 is 0 Å². The van der Waals surface area contributed by atoms with Crippen LogP contribution in [0.3, 0.4) is 0 Å². The summed E-state index contributed by atoms with van der Waals surface area (Å²) in [6.07, 6.45) is 7.57. The molecule has 0 saturated heterocycles. The van der Waals surface area contributed by atoms with Gasteiger partial charge in [0.05, 0.1) is 17.6 Å². The predicted molar refractivity (Wildman–Crippen MR) is 64.3 cm³/mol. The second-order valence-electron chi connectivity index (χ2n) is 5.07. The van der Waals surface area contributed by atoms with E-state index in [4.69, 9.17) is 5.73 Å². The summed E-state index contributed by atoms with van der Waals surface area (Å²) in [4.78, 5) is 4.36. The van der Waals surface area contributed by atoms with E-state index >= 15 is 0 Å². The molecule has 1 aliphatic carbocycles. The Morgan fingerprint density at radius 3 is 2.67 bits per heavy atom. The standard InChI is InChI=1S/C13H18N2/c1-13(2)7-5-10(6-8-13)12-4-3-11(14)9-15-12/h3-5,9H,6-8,14H2,1-2H3. The van der Waals surface area contributed by atoms with Crippen molar-refractivity contribution in [3.63, 3.8) is 0 Å². The van der Waals surface area contributed by atoms with Gasteiger partial charge < -0.3 is 5.73 Å². The predicted octanol–water partition coefficient (Wildman–Crippen LogP) is 3.26. The smallest absolute Gasteiger partial charge is 0.0660 e. The Labute approximate surface area is 91.2 Å². The Morgan fingerprint density at radius 1 is 1.33 bits per heavy atom. The Hall–Kier alpha value is -1.31. The molecule has 1 aliphatic rings. The maximum absolute atomic E-state index is 5.62. The summed E-state index contributed by atoms with van der Waals surface area (Å²) in [6.45, 7) is 4.63. The van der Waals surface area contributed by atoms with Gasteiger partial charge in [0.1, 0.15) is 0 Å². The fourth-order valence-corrected chi connectivity index (χ4v) is 1.90. The molecule has 0 spiro atoms. The van der Waals surface area contributed by atoms with E-state index in [0.29, 0.717) is 5.41 Å². The molecule has 0 bridgehead atoms. The van der Waals surface area contributed by atoms with Gasteiger partial charge in [-0.1, -0.05) is 19.9 Å². The van der Waals surface area contributed by atoms with Crippen molar-refractivity contribution in [2.45, 2.75) is 33.1 Å². The second-order valence-corrected chi connectivity index (χ2v) is 5.07. The number of nitrogens with zero attached hydrogens (tertiary/aromatic N) is 1. The minimum Gasteiger partial charge on any atom is -0.397 e. The van der Waals surface area contributed by atoms with Gasteiger partial charge in [-0.2, -0.15) is 0 Å². The molecule has 0 radical (unpaired) electrons. The second kappa shape index (κ2) is 3.69. The average Bonchev–Trinajstić information content (AvgIpc) is 2.20. The molecule has 0 aromatic carbocycles. The largest absolute Gasteiger partial charge is 0.397 e. The first-order valence-electron chi connectivity index (χ1n) is 5.48. The van der Waals surface area contributed by atoms with Crippen LogP contribution in [0.2, 0.25) is 0 Å². The highest BCUT2D eigenvalue weighted by molar-refractivity contribution is 5.64. The van der Waals surface area contributed by atoms with Crippen LogP contribution in [0, 0.1) is 5.41 Å². The van der Waals surface area contributed by atoms with Crippen LogP contribution in [0.25, 0.3) is 5.57 Å². The number of allylic oxidation sites excluding steroid dienone is 2. The van der Waals surface area contributed by atoms with Crippen molar-refractivity contribution >= 4 is 11.3 Å². The lowest BCUT2D eigenvalue weighted by molar-refractivity contribution is 0.334. The van der Waals surface area contributed by atoms with Crippen molar-refractivity contribution in [2.24, 2.45) is 5.41 Å². The molecular weight excluding hydrogens is 184 g/mol. The normalized spacial score (nSPS) is 19.7. The molecule has 2 rings (SSSR count). The van der Waals surface area contributed by atoms with E-state index in [9.17, 15) is 0 Å². The molecule has 0 fully saturated rings. The third kappa shape index (κ3) is 2.38. The van der Waals surface area contributed by atoms with Crippen LogP contribution < -0.4 is 5.73 Å². The molecule has 0 saturated carbocycles. The molecule has 2 nitrogen and oxygen atoms in total. The monoisotopic (exact) mass is 202 g/mol. The van der Waals surface area contributed by atoms with E-state index in [1.807, 2.05) is 12.1 Å². The van der Waals surface area contributed by atoms with E-state index in [1.165, 1.54) is 12.0 Å². The van der Waals surface area contributed by atoms with Gasteiger partial charge in [-0.15, -0.1) is 0 Å². The number of aromatic nitrogens is 1. The fraction of sp³-hybridized carbons (Fsp3) is 0.462. The van der Waals surface area contributed by atoms with E-state index in [-0.39, 0.29) is 0 Å². The summed E-state index contributed by atoms with van der Waals surface area (Å²) >= 11 is 0. The first kappa shape index (κ1) is 10.2. The SMILES string of the molecule is CC1(C)CC=C(c2ccc(N)cn2)CC1. The zero-order valence-electron chi connectivity index (χ0n) is 9.46. The summed E-state index contributed by atoms with van der Waals surface area (Å²) < 4.78 is 0. The molecule has 0 unspecified atom stereocenters. The van der Waals surface area contributed by atoms with Crippen molar-refractivity contribution in [2.75, 3.05) is 5.73 Å². The summed E-state index contributed by atoms with van der Waals surface area (Å²) in [6, 6.07) is 3.93. The first-order chi connectivity index (χ1) is 7.07. The van der Waals surface area contributed by atoms with Crippen molar-refractivity contribution in [3.8, 4) is 0 Å². The van der Waals surface area contributed by atoms with Crippen LogP contribution in [0.5, 0.6) is 0 Å². The number of pyridine rings is 1. The Bertz CT molecular complexity index is 374. The van der Waals surface area contributed by atoms with Crippen LogP contribution in [0.15, 0.2) is 24.4 Å². The van der Waals surface area contributed by atoms with Crippen LogP contribution in [0.4, 0.5) is 5.69 Å². The van der Waals surface area contributed by atoms with Crippen LogP contribution in [0.1, 0.15) is 38.8 Å². The van der Waals surface area contributed by atoms with Gasteiger partial charge in [0.25, 0.3) is 0 Å². The van der Waals surface area contributed by atoms with Crippen molar-refractivity contribution in [1.82, 2.24) is 4.98 Å². The van der Waals surface area contributed by atoms with Gasteiger partial charge in [-0.05, 0) is 42.4 Å². The zero-order valence-corrected chi connectivity index (χ0v) is 9.46. The maximum Gasteiger partial charge on any atom is 0.0660 e. The van der Waals surface area contributed by atoms with E-state index in [0.717, 1.165) is 24.2 Å². The maximum atomic E-state index is 5.62. The molecule has 1 aromatic heterocycles. The molecule has 2 heteroatoms. The summed E-state index contributed by atoms with van der Waals surface area (Å²) in [5.41, 5.74) is 9.26. The number of nitrogens with two attached hydrogens (primary N) is 1. The minimum atomic E-state index is 0.456. The van der Waals surface area contributed by atoms with Gasteiger partial charge in [-0.25, -0.2) is 0 Å². The molecule has 2 N–H and O–H groups in total. The lowest BCUT2D eigenvalue weighted by atomic mass is 9.78. The Kier molecular flexibility index (Phi) is 2.51. The molecule has 15 heavy (non-hydrogen) atoms. The molecule has 0 atom stereocenters. The highest BCUT2D eigenvalue weighted by atomic mass is 14.7. The minimum absolute atomic E-state index is 0.456. The van der Waals surface area contributed by atoms with Gasteiger partial charge in [0, 0.05) is 0 Å². The average molecular weight is 202 g/mol. The Balaban J connectivity index is 2.19. The molecule has 1 heterocycles. The van der Waals surface area contributed by atoms with E-state index in [1.54, 1.807) is 6.20 Å². The molecule has 0 aliphatic heterocycles. The fourth-order valence-electron chi connectivity index (χ4n) is 1.90. The van der Waals surface area contributed by atoms with Crippen LogP contribution in [-0.4, -0.2) is 4.98 Å². The summed E-state index contributed by atoms with van der Waals surface area (Å²) in [5, 5.41) is 0. The lowest BCUT2D eigenvalue weighted by Gasteiger charge is -2.28. The van der Waals surface area contributed by atoms with Crippen LogP contribution in [-0.2, 0) is 0 Å². The quantitative estimate of drug-likeness (QED) is 0.759. The molecule has 80 valence electrons. The molecular formula is C13H18N2. The van der Waals surface area contributed by atoms with Crippen LogP contribution >= 0.6 is 0 Å². The third-order valence-corrected chi connectivity index (χ3v) is 3.09. The summed E-state index contributed by atoms with van der Waals surface area (Å²) in [7, 11) is 0. The van der Waals surface area contributed by atoms with Gasteiger partial charge >= 0.3 is 0 Å². The first-order valence-corrected chi connectivity index (χ1v) is 5.48. The van der Waals surface area contributed by atoms with E-state index < -0.39 is 0 Å². The third-order valence-electron chi connectivity index (χ3n) is 3.09. The number of anilines is 1. The number of nitrogen functional groups attached to an aromatic ring is 1. The highest BCUT2D eigenvalue weighted by Gasteiger charge is 2.22.